The van der Waals surface area contributed by atoms with E-state index in [1.807, 2.05) is 31.5 Å². The summed E-state index contributed by atoms with van der Waals surface area (Å²) in [5.41, 5.74) is 0. The van der Waals surface area contributed by atoms with Gasteiger partial charge >= 0.3 is 0 Å². The molecule has 1 amide bonds. The van der Waals surface area contributed by atoms with Crippen LogP contribution in [-0.2, 0) is 21.4 Å². The van der Waals surface area contributed by atoms with Crippen LogP contribution in [0, 0.1) is 5.92 Å². The molecular weight excluding hydrogens is 396 g/mol. The van der Waals surface area contributed by atoms with Gasteiger partial charge in [-0.05, 0) is 55.5 Å². The molecule has 1 aromatic heterocycles. The number of ether oxygens (including phenoxy) is 1. The maximum atomic E-state index is 12.9. The Bertz CT molecular complexity index is 871. The number of piperidine rings is 1. The van der Waals surface area contributed by atoms with Crippen LogP contribution in [0.5, 0.6) is 5.75 Å². The normalized spacial score (nSPS) is 16.1. The number of carbonyl (C=O) groups excluding carboxylic acids is 1. The highest BCUT2D eigenvalue weighted by atomic mass is 32.2. The molecule has 0 aliphatic carbocycles. The summed E-state index contributed by atoms with van der Waals surface area (Å²) in [4.78, 5) is 15.8. The van der Waals surface area contributed by atoms with E-state index in [4.69, 9.17) is 4.74 Å². The van der Waals surface area contributed by atoms with Gasteiger partial charge in [-0.2, -0.15) is 4.31 Å². The summed E-state index contributed by atoms with van der Waals surface area (Å²) in [7, 11) is -1.74. The van der Waals surface area contributed by atoms with E-state index in [0.29, 0.717) is 44.8 Å². The van der Waals surface area contributed by atoms with Gasteiger partial charge in [0.1, 0.15) is 5.75 Å². The molecule has 8 heteroatoms. The Hall–Kier alpha value is -1.90. The second kappa shape index (κ2) is 9.07. The predicted octanol–water partition coefficient (Wildman–Crippen LogP) is 3.21. The van der Waals surface area contributed by atoms with Crippen molar-refractivity contribution in [2.75, 3.05) is 26.7 Å². The lowest BCUT2D eigenvalue weighted by Crippen LogP contribution is -2.43. The predicted molar refractivity (Wildman–Crippen MR) is 110 cm³/mol. The highest BCUT2D eigenvalue weighted by Crippen LogP contribution is 2.26. The molecule has 0 bridgehead atoms. The van der Waals surface area contributed by atoms with Crippen molar-refractivity contribution in [3.8, 4) is 5.75 Å². The van der Waals surface area contributed by atoms with Crippen LogP contribution in [0.1, 0.15) is 24.6 Å². The second-order valence-electron chi connectivity index (χ2n) is 6.86. The Labute approximate surface area is 170 Å². The molecule has 0 spiro atoms. The molecule has 1 saturated heterocycles. The van der Waals surface area contributed by atoms with Crippen LogP contribution in [0.2, 0.25) is 0 Å². The average Bonchev–Trinajstić information content (AvgIpc) is 3.21. The lowest BCUT2D eigenvalue weighted by atomic mass is 9.96. The average molecular weight is 423 g/mol. The monoisotopic (exact) mass is 422 g/mol. The zero-order valence-corrected chi connectivity index (χ0v) is 17.8. The first-order valence-electron chi connectivity index (χ1n) is 9.42. The van der Waals surface area contributed by atoms with Gasteiger partial charge in [-0.25, -0.2) is 8.42 Å². The molecular formula is C20H26N2O4S2. The fraction of sp³-hybridized carbons (Fsp3) is 0.450. The van der Waals surface area contributed by atoms with Crippen molar-refractivity contribution in [3.63, 3.8) is 0 Å². The summed E-state index contributed by atoms with van der Waals surface area (Å²) in [6.45, 7) is 3.74. The summed E-state index contributed by atoms with van der Waals surface area (Å²) < 4.78 is 32.6. The quantitative estimate of drug-likeness (QED) is 0.687. The first kappa shape index (κ1) is 20.8. The topological polar surface area (TPSA) is 66.9 Å². The van der Waals surface area contributed by atoms with E-state index in [1.165, 1.54) is 4.31 Å². The van der Waals surface area contributed by atoms with E-state index >= 15 is 0 Å². The largest absolute Gasteiger partial charge is 0.494 e. The zero-order valence-electron chi connectivity index (χ0n) is 16.2. The van der Waals surface area contributed by atoms with Crippen molar-refractivity contribution in [1.82, 2.24) is 9.21 Å². The van der Waals surface area contributed by atoms with Crippen LogP contribution < -0.4 is 4.74 Å². The first-order valence-corrected chi connectivity index (χ1v) is 11.7. The first-order chi connectivity index (χ1) is 13.4. The molecule has 0 unspecified atom stereocenters. The molecule has 1 aromatic carbocycles. The Kier molecular flexibility index (Phi) is 6.74. The van der Waals surface area contributed by atoms with Gasteiger partial charge in [0.05, 0.1) is 18.0 Å². The van der Waals surface area contributed by atoms with Crippen molar-refractivity contribution >= 4 is 27.3 Å². The molecule has 152 valence electrons. The third kappa shape index (κ3) is 4.74. The number of benzene rings is 1. The smallest absolute Gasteiger partial charge is 0.243 e. The SMILES string of the molecule is CCOc1ccc(S(=O)(=O)N2CCC(C(=O)N(C)Cc3cccs3)CC2)cc1. The summed E-state index contributed by atoms with van der Waals surface area (Å²) in [6.07, 6.45) is 1.09. The molecule has 6 nitrogen and oxygen atoms in total. The van der Waals surface area contributed by atoms with E-state index in [2.05, 4.69) is 0 Å². The molecule has 2 aromatic rings. The number of thiophene rings is 1. The van der Waals surface area contributed by atoms with Gasteiger partial charge < -0.3 is 9.64 Å². The van der Waals surface area contributed by atoms with Gasteiger partial charge in [-0.15, -0.1) is 11.3 Å². The minimum Gasteiger partial charge on any atom is -0.494 e. The third-order valence-electron chi connectivity index (χ3n) is 4.93. The summed E-state index contributed by atoms with van der Waals surface area (Å²) >= 11 is 1.63. The number of sulfonamides is 1. The van der Waals surface area contributed by atoms with Crippen molar-refractivity contribution in [2.24, 2.45) is 5.92 Å². The maximum Gasteiger partial charge on any atom is 0.243 e. The van der Waals surface area contributed by atoms with E-state index in [-0.39, 0.29) is 16.7 Å². The standard InChI is InChI=1S/C20H26N2O4S2/c1-3-26-17-6-8-19(9-7-17)28(24,25)22-12-10-16(11-13-22)20(23)21(2)15-18-5-4-14-27-18/h4-9,14,16H,3,10-13,15H2,1-2H3. The van der Waals surface area contributed by atoms with Crippen molar-refractivity contribution in [2.45, 2.75) is 31.2 Å². The Morgan fingerprint density at radius 2 is 1.89 bits per heavy atom. The van der Waals surface area contributed by atoms with E-state index in [0.717, 1.165) is 4.88 Å². The fourth-order valence-electron chi connectivity index (χ4n) is 3.39. The lowest BCUT2D eigenvalue weighted by Gasteiger charge is -2.32. The van der Waals surface area contributed by atoms with Crippen molar-refractivity contribution < 1.29 is 17.9 Å². The van der Waals surface area contributed by atoms with Crippen LogP contribution in [0.4, 0.5) is 0 Å². The van der Waals surface area contributed by atoms with Crippen LogP contribution in [0.15, 0.2) is 46.7 Å². The lowest BCUT2D eigenvalue weighted by molar-refractivity contribution is -0.135. The third-order valence-corrected chi connectivity index (χ3v) is 7.70. The highest BCUT2D eigenvalue weighted by Gasteiger charge is 2.33. The Morgan fingerprint density at radius 1 is 1.21 bits per heavy atom. The van der Waals surface area contributed by atoms with Gasteiger partial charge in [0.25, 0.3) is 0 Å². The molecule has 0 radical (unpaired) electrons. The van der Waals surface area contributed by atoms with E-state index in [9.17, 15) is 13.2 Å². The minimum absolute atomic E-state index is 0.0894. The zero-order chi connectivity index (χ0) is 20.1. The Balaban J connectivity index is 1.58. The maximum absolute atomic E-state index is 12.9. The summed E-state index contributed by atoms with van der Waals surface area (Å²) in [5, 5.41) is 2.00. The molecule has 1 fully saturated rings. The van der Waals surface area contributed by atoms with Crippen LogP contribution >= 0.6 is 11.3 Å². The van der Waals surface area contributed by atoms with Crippen LogP contribution in [-0.4, -0.2) is 50.3 Å². The molecule has 3 rings (SSSR count). The second-order valence-corrected chi connectivity index (χ2v) is 9.83. The highest BCUT2D eigenvalue weighted by molar-refractivity contribution is 7.89. The van der Waals surface area contributed by atoms with Crippen molar-refractivity contribution in [3.05, 3.63) is 46.7 Å². The van der Waals surface area contributed by atoms with Crippen LogP contribution in [0.3, 0.4) is 0 Å². The van der Waals surface area contributed by atoms with E-state index in [1.54, 1.807) is 40.5 Å². The van der Waals surface area contributed by atoms with Crippen LogP contribution in [0.25, 0.3) is 0 Å². The van der Waals surface area contributed by atoms with Gasteiger partial charge in [0, 0.05) is 30.9 Å². The van der Waals surface area contributed by atoms with Crippen molar-refractivity contribution in [1.29, 1.82) is 0 Å². The number of hydrogen-bond acceptors (Lipinski definition) is 5. The number of carbonyl (C=O) groups is 1. The van der Waals surface area contributed by atoms with Gasteiger partial charge in [0.15, 0.2) is 0 Å². The minimum atomic E-state index is -3.55. The number of hydrogen-bond donors (Lipinski definition) is 0. The summed E-state index contributed by atoms with van der Waals surface area (Å²) in [6, 6.07) is 10.5. The number of rotatable bonds is 7. The molecule has 0 atom stereocenters. The fourth-order valence-corrected chi connectivity index (χ4v) is 5.62. The molecule has 1 aliphatic rings. The summed E-state index contributed by atoms with van der Waals surface area (Å²) in [5.74, 6) is 0.614. The number of nitrogens with zero attached hydrogens (tertiary/aromatic N) is 2. The molecule has 0 saturated carbocycles. The molecule has 28 heavy (non-hydrogen) atoms. The molecule has 0 N–H and O–H groups in total. The van der Waals surface area contributed by atoms with E-state index < -0.39 is 10.0 Å². The number of amides is 1. The molecule has 2 heterocycles. The Morgan fingerprint density at radius 3 is 2.46 bits per heavy atom. The van der Waals surface area contributed by atoms with Gasteiger partial charge in [-0.1, -0.05) is 6.07 Å². The van der Waals surface area contributed by atoms with Gasteiger partial charge in [0.2, 0.25) is 15.9 Å². The van der Waals surface area contributed by atoms with Gasteiger partial charge in [-0.3, -0.25) is 4.79 Å². The molecule has 1 aliphatic heterocycles.